The van der Waals surface area contributed by atoms with Gasteiger partial charge >= 0.3 is 0 Å². The lowest BCUT2D eigenvalue weighted by atomic mass is 10.3. The summed E-state index contributed by atoms with van der Waals surface area (Å²) in [6, 6.07) is 8.26. The summed E-state index contributed by atoms with van der Waals surface area (Å²) in [6.07, 6.45) is 3.21. The smallest absolute Gasteiger partial charge is 0.110 e. The van der Waals surface area contributed by atoms with Gasteiger partial charge in [0.2, 0.25) is 0 Å². The van der Waals surface area contributed by atoms with Gasteiger partial charge in [-0.05, 0) is 38.1 Å². The maximum absolute atomic E-state index is 5.46. The molecule has 2 aromatic rings. The minimum atomic E-state index is 0.784. The number of imidazole rings is 1. The number of unbranched alkanes of at least 4 members (excludes halogenated alkanes) is 1. The van der Waals surface area contributed by atoms with Gasteiger partial charge in [0.1, 0.15) is 5.82 Å². The fourth-order valence-corrected chi connectivity index (χ4v) is 2.14. The van der Waals surface area contributed by atoms with Gasteiger partial charge in [0, 0.05) is 20.0 Å². The van der Waals surface area contributed by atoms with Crippen molar-refractivity contribution in [2.45, 2.75) is 19.3 Å². The molecule has 0 spiro atoms. The third kappa shape index (κ3) is 3.09. The normalized spacial score (nSPS) is 11.2. The van der Waals surface area contributed by atoms with Crippen molar-refractivity contribution < 1.29 is 0 Å². The van der Waals surface area contributed by atoms with E-state index in [9.17, 15) is 0 Å². The third-order valence-corrected chi connectivity index (χ3v) is 3.21. The van der Waals surface area contributed by atoms with Crippen LogP contribution in [0.15, 0.2) is 24.3 Å². The molecule has 0 fully saturated rings. The summed E-state index contributed by atoms with van der Waals surface area (Å²) >= 11 is 0. The second-order valence-corrected chi connectivity index (χ2v) is 4.57. The molecule has 3 N–H and O–H groups in total. The van der Waals surface area contributed by atoms with Crippen LogP contribution in [0.2, 0.25) is 0 Å². The van der Waals surface area contributed by atoms with E-state index >= 15 is 0 Å². The Morgan fingerprint density at radius 1 is 1.22 bits per heavy atom. The van der Waals surface area contributed by atoms with Gasteiger partial charge in [0.15, 0.2) is 0 Å². The van der Waals surface area contributed by atoms with Gasteiger partial charge in [-0.25, -0.2) is 4.98 Å². The van der Waals surface area contributed by atoms with E-state index in [1.165, 1.54) is 5.52 Å². The number of hydrogen-bond acceptors (Lipinski definition) is 3. The summed E-state index contributed by atoms with van der Waals surface area (Å²) in [5.41, 5.74) is 7.74. The van der Waals surface area contributed by atoms with Crippen molar-refractivity contribution >= 4 is 11.0 Å². The van der Waals surface area contributed by atoms with Gasteiger partial charge in [0.05, 0.1) is 11.0 Å². The van der Waals surface area contributed by atoms with Crippen molar-refractivity contribution in [2.24, 2.45) is 12.8 Å². The predicted molar refractivity (Wildman–Crippen MR) is 75.6 cm³/mol. The number of aromatic nitrogens is 2. The van der Waals surface area contributed by atoms with Crippen LogP contribution in [0.1, 0.15) is 18.7 Å². The number of hydrogen-bond donors (Lipinski definition) is 2. The number of nitrogens with zero attached hydrogens (tertiary/aromatic N) is 2. The van der Waals surface area contributed by atoms with Gasteiger partial charge in [0.25, 0.3) is 0 Å². The van der Waals surface area contributed by atoms with E-state index in [1.807, 2.05) is 6.07 Å². The average Bonchev–Trinajstić information content (AvgIpc) is 2.71. The standard InChI is InChI=1S/C14H22N4/c1-18-13-7-3-2-6-12(13)17-14(18)8-11-16-10-5-4-9-15/h2-3,6-7,16H,4-5,8-11,15H2,1H3. The van der Waals surface area contributed by atoms with E-state index in [2.05, 4.69) is 40.1 Å². The molecule has 1 aromatic carbocycles. The molecule has 4 heteroatoms. The molecule has 1 heterocycles. The van der Waals surface area contributed by atoms with Crippen molar-refractivity contribution in [1.82, 2.24) is 14.9 Å². The number of aryl methyl sites for hydroxylation is 1. The van der Waals surface area contributed by atoms with Gasteiger partial charge in [-0.3, -0.25) is 0 Å². The maximum Gasteiger partial charge on any atom is 0.110 e. The Kier molecular flexibility index (Phi) is 4.73. The Morgan fingerprint density at radius 2 is 2.06 bits per heavy atom. The summed E-state index contributed by atoms with van der Waals surface area (Å²) in [7, 11) is 2.08. The molecule has 0 saturated heterocycles. The molecular weight excluding hydrogens is 224 g/mol. The van der Waals surface area contributed by atoms with Gasteiger partial charge < -0.3 is 15.6 Å². The molecule has 0 aliphatic heterocycles. The van der Waals surface area contributed by atoms with Crippen molar-refractivity contribution in [3.8, 4) is 0 Å². The minimum Gasteiger partial charge on any atom is -0.331 e. The zero-order valence-electron chi connectivity index (χ0n) is 11.0. The molecule has 18 heavy (non-hydrogen) atoms. The van der Waals surface area contributed by atoms with Crippen LogP contribution in [-0.4, -0.2) is 29.2 Å². The van der Waals surface area contributed by atoms with E-state index in [0.717, 1.165) is 50.2 Å². The van der Waals surface area contributed by atoms with Crippen LogP contribution in [0, 0.1) is 0 Å². The van der Waals surface area contributed by atoms with Crippen LogP contribution in [0.4, 0.5) is 0 Å². The van der Waals surface area contributed by atoms with E-state index in [1.54, 1.807) is 0 Å². The first kappa shape index (κ1) is 13.1. The van der Waals surface area contributed by atoms with Gasteiger partial charge in [-0.2, -0.15) is 0 Å². The zero-order valence-corrected chi connectivity index (χ0v) is 11.0. The Balaban J connectivity index is 1.86. The molecule has 0 radical (unpaired) electrons. The van der Waals surface area contributed by atoms with Crippen LogP contribution in [-0.2, 0) is 13.5 Å². The first-order chi connectivity index (χ1) is 8.83. The van der Waals surface area contributed by atoms with Crippen LogP contribution in [0.25, 0.3) is 11.0 Å². The van der Waals surface area contributed by atoms with E-state index in [0.29, 0.717) is 0 Å². The summed E-state index contributed by atoms with van der Waals surface area (Å²) in [4.78, 5) is 4.65. The van der Waals surface area contributed by atoms with Crippen LogP contribution in [0.3, 0.4) is 0 Å². The van der Waals surface area contributed by atoms with Gasteiger partial charge in [-0.1, -0.05) is 12.1 Å². The molecule has 0 atom stereocenters. The highest BCUT2D eigenvalue weighted by Crippen LogP contribution is 2.14. The highest BCUT2D eigenvalue weighted by molar-refractivity contribution is 5.75. The van der Waals surface area contributed by atoms with Crippen molar-refractivity contribution in [2.75, 3.05) is 19.6 Å². The third-order valence-electron chi connectivity index (χ3n) is 3.21. The lowest BCUT2D eigenvalue weighted by Gasteiger charge is -2.04. The summed E-state index contributed by atoms with van der Waals surface area (Å²) in [6.45, 7) is 2.80. The second kappa shape index (κ2) is 6.52. The average molecular weight is 246 g/mol. The fourth-order valence-electron chi connectivity index (χ4n) is 2.14. The SMILES string of the molecule is Cn1c(CCNCCCCN)nc2ccccc21. The van der Waals surface area contributed by atoms with Crippen LogP contribution < -0.4 is 11.1 Å². The number of benzene rings is 1. The first-order valence-corrected chi connectivity index (χ1v) is 6.64. The monoisotopic (exact) mass is 246 g/mol. The number of fused-ring (bicyclic) bond motifs is 1. The Bertz CT molecular complexity index is 489. The highest BCUT2D eigenvalue weighted by Gasteiger charge is 2.05. The molecule has 0 saturated carbocycles. The number of nitrogens with two attached hydrogens (primary N) is 1. The van der Waals surface area contributed by atoms with Gasteiger partial charge in [-0.15, -0.1) is 0 Å². The summed E-state index contributed by atoms with van der Waals surface area (Å²) in [5, 5.41) is 3.43. The van der Waals surface area contributed by atoms with Crippen molar-refractivity contribution in [3.05, 3.63) is 30.1 Å². The molecule has 0 bridgehead atoms. The second-order valence-electron chi connectivity index (χ2n) is 4.57. The number of para-hydroxylation sites is 2. The Labute approximate surface area is 108 Å². The maximum atomic E-state index is 5.46. The van der Waals surface area contributed by atoms with Crippen LogP contribution in [0.5, 0.6) is 0 Å². The molecule has 0 amide bonds. The summed E-state index contributed by atoms with van der Waals surface area (Å²) in [5.74, 6) is 1.14. The van der Waals surface area contributed by atoms with Crippen molar-refractivity contribution in [3.63, 3.8) is 0 Å². The molecule has 98 valence electrons. The molecule has 0 aliphatic rings. The van der Waals surface area contributed by atoms with Crippen molar-refractivity contribution in [1.29, 1.82) is 0 Å². The lowest BCUT2D eigenvalue weighted by molar-refractivity contribution is 0.614. The predicted octanol–water partition coefficient (Wildman–Crippen LogP) is 1.44. The Hall–Kier alpha value is -1.39. The largest absolute Gasteiger partial charge is 0.331 e. The van der Waals surface area contributed by atoms with E-state index < -0.39 is 0 Å². The number of rotatable bonds is 7. The molecular formula is C14H22N4. The Morgan fingerprint density at radius 3 is 2.83 bits per heavy atom. The quantitative estimate of drug-likeness (QED) is 0.727. The van der Waals surface area contributed by atoms with Crippen LogP contribution >= 0.6 is 0 Å². The topological polar surface area (TPSA) is 55.9 Å². The number of nitrogens with one attached hydrogen (secondary N) is 1. The molecule has 1 aromatic heterocycles. The van der Waals surface area contributed by atoms with E-state index in [4.69, 9.17) is 5.73 Å². The highest BCUT2D eigenvalue weighted by atomic mass is 15.1. The first-order valence-electron chi connectivity index (χ1n) is 6.64. The zero-order chi connectivity index (χ0) is 12.8. The molecule has 0 aliphatic carbocycles. The van der Waals surface area contributed by atoms with E-state index in [-0.39, 0.29) is 0 Å². The summed E-state index contributed by atoms with van der Waals surface area (Å²) < 4.78 is 2.18. The molecule has 0 unspecified atom stereocenters. The lowest BCUT2D eigenvalue weighted by Crippen LogP contribution is -2.20. The minimum absolute atomic E-state index is 0.784. The molecule has 4 nitrogen and oxygen atoms in total. The fraction of sp³-hybridized carbons (Fsp3) is 0.500. The molecule has 2 rings (SSSR count).